The molecular weight excluding hydrogens is 513 g/mol. The molecule has 0 radical (unpaired) electrons. The third kappa shape index (κ3) is 6.64. The fraction of sp³-hybridized carbons (Fsp3) is 0.400. The summed E-state index contributed by atoms with van der Waals surface area (Å²) in [6.45, 7) is 4.63. The summed E-state index contributed by atoms with van der Waals surface area (Å²) < 4.78 is 14.0. The van der Waals surface area contributed by atoms with E-state index in [1.807, 2.05) is 0 Å². The van der Waals surface area contributed by atoms with Crippen molar-refractivity contribution in [2.75, 3.05) is 18.0 Å². The van der Waals surface area contributed by atoms with Gasteiger partial charge in [-0.25, -0.2) is 4.39 Å². The molecule has 1 aliphatic heterocycles. The zero-order valence-corrected chi connectivity index (χ0v) is 25.2. The number of unbranched alkanes of at least 4 members (excludes halogenated alkanes) is 2. The van der Waals surface area contributed by atoms with Crippen LogP contribution < -0.4 is 4.90 Å². The molecule has 1 saturated carbocycles. The van der Waals surface area contributed by atoms with E-state index in [0.29, 0.717) is 23.7 Å². The molecule has 1 heterocycles. The first-order valence-corrected chi connectivity index (χ1v) is 16.5. The molecule has 0 aromatic heterocycles. The zero-order valence-electron chi connectivity index (χ0n) is 25.2. The minimum Gasteiger partial charge on any atom is -0.372 e. The third-order valence-corrected chi connectivity index (χ3v) is 10.1. The van der Waals surface area contributed by atoms with Crippen LogP contribution in [0.2, 0.25) is 0 Å². The molecule has 1 saturated heterocycles. The highest BCUT2D eigenvalue weighted by Crippen LogP contribution is 2.53. The van der Waals surface area contributed by atoms with Crippen LogP contribution >= 0.6 is 0 Å². The molecule has 4 aromatic rings. The van der Waals surface area contributed by atoms with Crippen LogP contribution in [0.3, 0.4) is 0 Å². The van der Waals surface area contributed by atoms with Crippen molar-refractivity contribution in [2.45, 2.75) is 82.5 Å². The number of rotatable bonds is 9. The molecule has 1 nitrogen and oxygen atoms in total. The molecule has 218 valence electrons. The first-order chi connectivity index (χ1) is 20.7. The van der Waals surface area contributed by atoms with E-state index < -0.39 is 0 Å². The van der Waals surface area contributed by atoms with Crippen LogP contribution in [-0.4, -0.2) is 13.1 Å². The van der Waals surface area contributed by atoms with Crippen molar-refractivity contribution in [1.29, 1.82) is 0 Å². The maximum Gasteiger partial charge on any atom is 0.123 e. The maximum absolute atomic E-state index is 14.0. The van der Waals surface area contributed by atoms with Gasteiger partial charge in [0.25, 0.3) is 0 Å². The molecule has 6 rings (SSSR count). The summed E-state index contributed by atoms with van der Waals surface area (Å²) in [4.78, 5) is 2.55. The van der Waals surface area contributed by atoms with Gasteiger partial charge < -0.3 is 4.90 Å². The van der Waals surface area contributed by atoms with Crippen molar-refractivity contribution >= 4 is 5.69 Å². The lowest BCUT2D eigenvalue weighted by Gasteiger charge is -2.43. The van der Waals surface area contributed by atoms with Gasteiger partial charge in [-0.15, -0.1) is 0 Å². The minimum absolute atomic E-state index is 0.146. The predicted molar refractivity (Wildman–Crippen MR) is 176 cm³/mol. The monoisotopic (exact) mass is 559 g/mol. The van der Waals surface area contributed by atoms with Crippen molar-refractivity contribution in [3.05, 3.63) is 126 Å². The lowest BCUT2D eigenvalue weighted by Crippen LogP contribution is -2.30. The Kier molecular flexibility index (Phi) is 9.38. The molecule has 0 N–H and O–H groups in total. The molecule has 4 atom stereocenters. The first kappa shape index (κ1) is 28.7. The second kappa shape index (κ2) is 13.7. The average molecular weight is 560 g/mol. The van der Waals surface area contributed by atoms with Gasteiger partial charge in [-0.05, 0) is 114 Å². The van der Waals surface area contributed by atoms with Gasteiger partial charge >= 0.3 is 0 Å². The van der Waals surface area contributed by atoms with Crippen LogP contribution in [0.25, 0.3) is 11.1 Å². The summed E-state index contributed by atoms with van der Waals surface area (Å²) in [6.07, 6.45) is 11.3. The molecule has 42 heavy (non-hydrogen) atoms. The fourth-order valence-electron chi connectivity index (χ4n) is 7.78. The molecule has 0 amide bonds. The molecule has 2 aliphatic rings. The third-order valence-electron chi connectivity index (χ3n) is 10.1. The summed E-state index contributed by atoms with van der Waals surface area (Å²) in [5, 5.41) is 0. The first-order valence-electron chi connectivity index (χ1n) is 16.5. The SMILES string of the molecule is CCCCCC1CC(c2ccc(F)cc2)C(c2ccc(N3CCCCC3)cc2)CC1c1cccc(-c2ccccc2)c1. The quantitative estimate of drug-likeness (QED) is 0.184. The highest BCUT2D eigenvalue weighted by Gasteiger charge is 2.39. The van der Waals surface area contributed by atoms with Gasteiger partial charge in [0.1, 0.15) is 5.82 Å². The van der Waals surface area contributed by atoms with E-state index in [2.05, 4.69) is 103 Å². The number of halogens is 1. The van der Waals surface area contributed by atoms with E-state index in [9.17, 15) is 4.39 Å². The smallest absolute Gasteiger partial charge is 0.123 e. The number of hydrogen-bond acceptors (Lipinski definition) is 1. The summed E-state index contributed by atoms with van der Waals surface area (Å²) >= 11 is 0. The van der Waals surface area contributed by atoms with Gasteiger partial charge in [-0.1, -0.05) is 105 Å². The van der Waals surface area contributed by atoms with Gasteiger partial charge in [0, 0.05) is 18.8 Å². The Morgan fingerprint density at radius 3 is 2.00 bits per heavy atom. The Bertz CT molecular complexity index is 1390. The minimum atomic E-state index is -0.146. The van der Waals surface area contributed by atoms with Crippen LogP contribution in [0, 0.1) is 11.7 Å². The van der Waals surface area contributed by atoms with Crippen LogP contribution in [0.4, 0.5) is 10.1 Å². The Morgan fingerprint density at radius 2 is 1.29 bits per heavy atom. The van der Waals surface area contributed by atoms with E-state index in [-0.39, 0.29) is 5.82 Å². The molecule has 2 heteroatoms. The van der Waals surface area contributed by atoms with Crippen LogP contribution in [0.5, 0.6) is 0 Å². The Morgan fingerprint density at radius 1 is 0.619 bits per heavy atom. The van der Waals surface area contributed by atoms with Crippen LogP contribution in [0.15, 0.2) is 103 Å². The van der Waals surface area contributed by atoms with Crippen molar-refractivity contribution in [2.24, 2.45) is 5.92 Å². The number of hydrogen-bond donors (Lipinski definition) is 0. The molecule has 2 fully saturated rings. The van der Waals surface area contributed by atoms with Crippen LogP contribution in [0.1, 0.15) is 99.2 Å². The lowest BCUT2D eigenvalue weighted by atomic mass is 9.61. The standard InChI is InChI=1S/C40H46FN/c1-2-3-6-14-35-28-39(31-17-21-36(41)22-18-31)40(32-19-23-37(24-20-32)42-25-9-5-10-26-42)29-38(35)34-16-11-15-33(27-34)30-12-7-4-8-13-30/h4,7-8,11-13,15-24,27,35,38-40H,2-3,5-6,9-10,14,25-26,28-29H2,1H3. The van der Waals surface area contributed by atoms with E-state index in [1.54, 1.807) is 12.1 Å². The number of piperidine rings is 1. The molecule has 0 bridgehead atoms. The van der Waals surface area contributed by atoms with Crippen molar-refractivity contribution in [3.8, 4) is 11.1 Å². The second-order valence-electron chi connectivity index (χ2n) is 12.7. The highest BCUT2D eigenvalue weighted by molar-refractivity contribution is 5.64. The Balaban J connectivity index is 1.36. The van der Waals surface area contributed by atoms with E-state index in [0.717, 1.165) is 12.8 Å². The number of nitrogens with zero attached hydrogens (tertiary/aromatic N) is 1. The van der Waals surface area contributed by atoms with Crippen molar-refractivity contribution in [3.63, 3.8) is 0 Å². The van der Waals surface area contributed by atoms with Crippen LogP contribution in [-0.2, 0) is 0 Å². The Labute approximate surface area is 252 Å². The number of anilines is 1. The molecule has 4 unspecified atom stereocenters. The number of benzene rings is 4. The summed E-state index contributed by atoms with van der Waals surface area (Å²) in [5.41, 5.74) is 8.15. The summed E-state index contributed by atoms with van der Waals surface area (Å²) in [7, 11) is 0. The zero-order chi connectivity index (χ0) is 28.7. The predicted octanol–water partition coefficient (Wildman–Crippen LogP) is 11.1. The van der Waals surface area contributed by atoms with Gasteiger partial charge in [0.05, 0.1) is 0 Å². The van der Waals surface area contributed by atoms with Crippen molar-refractivity contribution in [1.82, 2.24) is 0 Å². The largest absolute Gasteiger partial charge is 0.372 e. The molecule has 4 aromatic carbocycles. The van der Waals surface area contributed by atoms with Gasteiger partial charge in [-0.2, -0.15) is 0 Å². The van der Waals surface area contributed by atoms with E-state index in [1.165, 1.54) is 91.5 Å². The van der Waals surface area contributed by atoms with E-state index in [4.69, 9.17) is 0 Å². The fourth-order valence-corrected chi connectivity index (χ4v) is 7.78. The van der Waals surface area contributed by atoms with E-state index >= 15 is 0 Å². The topological polar surface area (TPSA) is 3.24 Å². The van der Waals surface area contributed by atoms with Gasteiger partial charge in [0.2, 0.25) is 0 Å². The molecular formula is C40H46FN. The maximum atomic E-state index is 14.0. The molecule has 0 spiro atoms. The lowest BCUT2D eigenvalue weighted by molar-refractivity contribution is 0.231. The average Bonchev–Trinajstić information content (AvgIpc) is 3.06. The van der Waals surface area contributed by atoms with Gasteiger partial charge in [-0.3, -0.25) is 0 Å². The molecule has 1 aliphatic carbocycles. The second-order valence-corrected chi connectivity index (χ2v) is 12.7. The highest BCUT2D eigenvalue weighted by atomic mass is 19.1. The van der Waals surface area contributed by atoms with Gasteiger partial charge in [0.15, 0.2) is 0 Å². The Hall–Kier alpha value is -3.39. The normalized spacial score (nSPS) is 22.7. The summed E-state index contributed by atoms with van der Waals surface area (Å²) in [6, 6.07) is 37.1. The van der Waals surface area contributed by atoms with Crippen molar-refractivity contribution < 1.29 is 4.39 Å². The summed E-state index contributed by atoms with van der Waals surface area (Å²) in [5.74, 6) is 1.77.